The first kappa shape index (κ1) is 32.4. The van der Waals surface area contributed by atoms with Crippen molar-refractivity contribution in [1.82, 2.24) is 9.55 Å². The lowest BCUT2D eigenvalue weighted by molar-refractivity contribution is 0.792. The third-order valence-corrected chi connectivity index (χ3v) is 14.2. The molecule has 0 radical (unpaired) electrons. The number of nitrogens with zero attached hydrogens (tertiary/aromatic N) is 2. The van der Waals surface area contributed by atoms with Crippen molar-refractivity contribution < 1.29 is 0 Å². The Morgan fingerprint density at radius 1 is 0.533 bits per heavy atom. The summed E-state index contributed by atoms with van der Waals surface area (Å²) in [7, 11) is 0. The molecule has 2 aromatic heterocycles. The van der Waals surface area contributed by atoms with Gasteiger partial charge in [-0.2, -0.15) is 0 Å². The van der Waals surface area contributed by atoms with Crippen molar-refractivity contribution in [2.45, 2.75) is 17.8 Å². The summed E-state index contributed by atoms with van der Waals surface area (Å²) in [5.74, 6) is 0.232. The van der Waals surface area contributed by atoms with Crippen LogP contribution in [-0.2, 0) is 11.8 Å². The summed E-state index contributed by atoms with van der Waals surface area (Å²) in [6, 6.07) is 61.3. The van der Waals surface area contributed by atoms with E-state index in [1.807, 2.05) is 6.20 Å². The van der Waals surface area contributed by atoms with Gasteiger partial charge in [0.05, 0.1) is 22.1 Å². The molecule has 0 saturated heterocycles. The lowest BCUT2D eigenvalue weighted by Gasteiger charge is -2.37. The molecule has 5 aliphatic carbocycles. The van der Waals surface area contributed by atoms with Crippen LogP contribution >= 0.6 is 0 Å². The topological polar surface area (TPSA) is 17.8 Å². The van der Waals surface area contributed by atoms with Gasteiger partial charge in [0.1, 0.15) is 0 Å². The van der Waals surface area contributed by atoms with Gasteiger partial charge in [-0.05, 0) is 132 Å². The highest BCUT2D eigenvalue weighted by Gasteiger charge is 2.52. The van der Waals surface area contributed by atoms with E-state index in [1.54, 1.807) is 0 Å². The molecule has 0 saturated carbocycles. The molecule has 1 spiro atoms. The largest absolute Gasteiger partial charge is 0.309 e. The standard InChI is InChI=1S/C58H36N2/c1-3-13-35(14-4-1)46-31-38-26-27-40(44-28-24-36-15-11-20-43(46)55(36)56(38)44)37-25-29-45-51(32-37)58(50-22-12-30-59-57(45)50)49-21-9-7-18-41(49)47-33-48-42-19-8-10-23-53(42)60(54(48)34-52(47)58)39-16-5-2-6-17-39/h1-30,32-34,55H,31H2. The van der Waals surface area contributed by atoms with E-state index in [0.717, 1.165) is 12.1 Å². The van der Waals surface area contributed by atoms with Gasteiger partial charge >= 0.3 is 0 Å². The van der Waals surface area contributed by atoms with Crippen molar-refractivity contribution in [2.24, 2.45) is 0 Å². The summed E-state index contributed by atoms with van der Waals surface area (Å²) < 4.78 is 2.46. The Morgan fingerprint density at radius 3 is 2.23 bits per heavy atom. The predicted molar refractivity (Wildman–Crippen MR) is 246 cm³/mol. The number of fused-ring (bicyclic) bond motifs is 13. The van der Waals surface area contributed by atoms with Gasteiger partial charge in [0.15, 0.2) is 0 Å². The maximum Gasteiger partial charge on any atom is 0.0753 e. The monoisotopic (exact) mass is 760 g/mol. The molecule has 0 bridgehead atoms. The summed E-state index contributed by atoms with van der Waals surface area (Å²) >= 11 is 0. The van der Waals surface area contributed by atoms with Crippen LogP contribution in [0.3, 0.4) is 0 Å². The Bertz CT molecular complexity index is 3500. The summed E-state index contributed by atoms with van der Waals surface area (Å²) in [6.07, 6.45) is 14.6. The second-order valence-electron chi connectivity index (χ2n) is 16.9. The van der Waals surface area contributed by atoms with E-state index in [4.69, 9.17) is 4.98 Å². The molecule has 0 fully saturated rings. The molecule has 278 valence electrons. The molecule has 60 heavy (non-hydrogen) atoms. The lowest BCUT2D eigenvalue weighted by atomic mass is 9.66. The molecular formula is C58H36N2. The quantitative estimate of drug-likeness (QED) is 0.175. The number of benzene rings is 7. The fraction of sp³-hybridized carbons (Fsp3) is 0.0517. The average molecular weight is 761 g/mol. The number of pyridine rings is 1. The Labute approximate surface area is 348 Å². The Morgan fingerprint density at radius 2 is 1.32 bits per heavy atom. The minimum Gasteiger partial charge on any atom is -0.309 e. The van der Waals surface area contributed by atoms with E-state index >= 15 is 0 Å². The summed E-state index contributed by atoms with van der Waals surface area (Å²) in [4.78, 5) is 5.17. The van der Waals surface area contributed by atoms with Crippen LogP contribution in [0.15, 0.2) is 205 Å². The van der Waals surface area contributed by atoms with Crippen LogP contribution in [0.5, 0.6) is 0 Å². The van der Waals surface area contributed by atoms with Crippen LogP contribution in [0.1, 0.15) is 50.4 Å². The number of allylic oxidation sites excluding steroid dienone is 7. The highest BCUT2D eigenvalue weighted by atomic mass is 15.0. The predicted octanol–water partition coefficient (Wildman–Crippen LogP) is 13.8. The van der Waals surface area contributed by atoms with Crippen molar-refractivity contribution in [2.75, 3.05) is 0 Å². The fourth-order valence-corrected chi connectivity index (χ4v) is 11.8. The summed E-state index contributed by atoms with van der Waals surface area (Å²) in [5, 5.41) is 2.54. The fourth-order valence-electron chi connectivity index (χ4n) is 11.8. The number of hydrogen-bond donors (Lipinski definition) is 0. The molecule has 0 N–H and O–H groups in total. The number of rotatable bonds is 3. The minimum absolute atomic E-state index is 0.232. The molecule has 0 amide bonds. The zero-order valence-corrected chi connectivity index (χ0v) is 32.7. The number of aromatic nitrogens is 2. The Hall–Kier alpha value is -7.55. The van der Waals surface area contributed by atoms with Gasteiger partial charge in [0, 0.05) is 34.1 Å². The van der Waals surface area contributed by atoms with E-state index in [9.17, 15) is 0 Å². The minimum atomic E-state index is -0.543. The molecule has 7 aromatic carbocycles. The van der Waals surface area contributed by atoms with Crippen LogP contribution in [0.25, 0.3) is 72.7 Å². The highest BCUT2D eigenvalue weighted by molar-refractivity contribution is 6.12. The van der Waals surface area contributed by atoms with Crippen LogP contribution in [0, 0.1) is 0 Å². The molecule has 5 aliphatic rings. The van der Waals surface area contributed by atoms with E-state index in [0.29, 0.717) is 0 Å². The van der Waals surface area contributed by atoms with Gasteiger partial charge in [0.25, 0.3) is 0 Å². The van der Waals surface area contributed by atoms with Crippen LogP contribution in [0.4, 0.5) is 0 Å². The zero-order chi connectivity index (χ0) is 39.1. The van der Waals surface area contributed by atoms with Crippen molar-refractivity contribution in [3.63, 3.8) is 0 Å². The first-order valence-electron chi connectivity index (χ1n) is 21.1. The van der Waals surface area contributed by atoms with E-state index in [1.165, 1.54) is 117 Å². The molecule has 14 rings (SSSR count). The lowest BCUT2D eigenvalue weighted by Crippen LogP contribution is -2.26. The van der Waals surface area contributed by atoms with Gasteiger partial charge in [-0.1, -0.05) is 152 Å². The SMILES string of the molecule is C1=CC2=C(c3ccccc3)Cc3ccc(-c4ccc5c(c4)C4(c6ccccc6-c6cc7c8ccccc8n(-c8ccccc8)c7cc64)c4cccnc4-5)c4c3C2C(=C1)C=C4. The van der Waals surface area contributed by atoms with Crippen molar-refractivity contribution in [3.05, 3.63) is 250 Å². The van der Waals surface area contributed by atoms with Crippen molar-refractivity contribution in [1.29, 1.82) is 0 Å². The maximum atomic E-state index is 5.17. The number of para-hydroxylation sites is 2. The molecule has 2 atom stereocenters. The second-order valence-corrected chi connectivity index (χ2v) is 16.9. The second kappa shape index (κ2) is 11.8. The van der Waals surface area contributed by atoms with Gasteiger partial charge < -0.3 is 4.57 Å². The maximum absolute atomic E-state index is 5.17. The molecule has 0 aliphatic heterocycles. The van der Waals surface area contributed by atoms with Gasteiger partial charge in [0.2, 0.25) is 0 Å². The first-order chi connectivity index (χ1) is 29.8. The summed E-state index contributed by atoms with van der Waals surface area (Å²) in [5.41, 5.74) is 25.5. The molecule has 2 unspecified atom stereocenters. The van der Waals surface area contributed by atoms with E-state index < -0.39 is 5.41 Å². The van der Waals surface area contributed by atoms with Gasteiger partial charge in [-0.3, -0.25) is 4.98 Å². The van der Waals surface area contributed by atoms with Crippen molar-refractivity contribution >= 4 is 33.5 Å². The first-order valence-corrected chi connectivity index (χ1v) is 21.1. The third-order valence-electron chi connectivity index (χ3n) is 14.2. The molecule has 2 heteroatoms. The zero-order valence-electron chi connectivity index (χ0n) is 32.7. The van der Waals surface area contributed by atoms with Crippen molar-refractivity contribution in [3.8, 4) is 39.2 Å². The number of hydrogen-bond acceptors (Lipinski definition) is 1. The van der Waals surface area contributed by atoms with Gasteiger partial charge in [-0.15, -0.1) is 0 Å². The van der Waals surface area contributed by atoms with Crippen LogP contribution in [0.2, 0.25) is 0 Å². The average Bonchev–Trinajstić information content (AvgIpc) is 3.91. The third kappa shape index (κ3) is 4.05. The molecule has 2 heterocycles. The molecule has 2 nitrogen and oxygen atoms in total. The van der Waals surface area contributed by atoms with E-state index in [2.05, 4.69) is 199 Å². The molecule has 9 aromatic rings. The van der Waals surface area contributed by atoms with Gasteiger partial charge in [-0.25, -0.2) is 0 Å². The highest BCUT2D eigenvalue weighted by Crippen LogP contribution is 2.64. The Balaban J connectivity index is 1.03. The summed E-state index contributed by atoms with van der Waals surface area (Å²) in [6.45, 7) is 0. The van der Waals surface area contributed by atoms with Crippen LogP contribution < -0.4 is 0 Å². The molecular weight excluding hydrogens is 725 g/mol. The van der Waals surface area contributed by atoms with Crippen LogP contribution in [-0.4, -0.2) is 9.55 Å². The van der Waals surface area contributed by atoms with E-state index in [-0.39, 0.29) is 5.92 Å². The normalized spacial score (nSPS) is 18.4. The Kier molecular flexibility index (Phi) is 6.36. The smallest absolute Gasteiger partial charge is 0.0753 e.